The third-order valence-corrected chi connectivity index (χ3v) is 18.0. The lowest BCUT2D eigenvalue weighted by Gasteiger charge is -2.22. The highest BCUT2D eigenvalue weighted by atomic mass is 16.3. The zero-order valence-corrected chi connectivity index (χ0v) is 54.7. The van der Waals surface area contributed by atoms with E-state index < -0.39 is 12.1 Å². The summed E-state index contributed by atoms with van der Waals surface area (Å²) in [5.41, 5.74) is 0. The van der Waals surface area contributed by atoms with Gasteiger partial charge >= 0.3 is 0 Å². The van der Waals surface area contributed by atoms with Crippen LogP contribution in [0.1, 0.15) is 444 Å². The van der Waals surface area contributed by atoms with Crippen molar-refractivity contribution in [3.63, 3.8) is 0 Å². The second kappa shape index (κ2) is 71.4. The summed E-state index contributed by atoms with van der Waals surface area (Å²) in [7, 11) is 0. The molecule has 79 heavy (non-hydrogen) atoms. The smallest absolute Gasteiger partial charge is 0.220 e. The molecule has 2 unspecified atom stereocenters. The van der Waals surface area contributed by atoms with Gasteiger partial charge in [0.25, 0.3) is 0 Å². The molecule has 0 aliphatic rings. The molecule has 4 heteroatoms. The summed E-state index contributed by atoms with van der Waals surface area (Å²) in [4.78, 5) is 12.6. The quantitative estimate of drug-likeness (QED) is 0.0420. The molecular weight excluding hydrogens is 963 g/mol. The molecule has 0 rings (SSSR count). The molecule has 1 amide bonds. The summed E-state index contributed by atoms with van der Waals surface area (Å²) in [6, 6.07) is -0.534. The van der Waals surface area contributed by atoms with Crippen molar-refractivity contribution in [2.45, 2.75) is 456 Å². The maximum Gasteiger partial charge on any atom is 0.220 e. The van der Waals surface area contributed by atoms with Crippen LogP contribution in [-0.4, -0.2) is 34.9 Å². The van der Waals surface area contributed by atoms with Gasteiger partial charge in [-0.15, -0.1) is 0 Å². The van der Waals surface area contributed by atoms with E-state index in [4.69, 9.17) is 0 Å². The van der Waals surface area contributed by atoms with Crippen LogP contribution in [-0.2, 0) is 4.79 Å². The molecule has 0 aliphatic carbocycles. The van der Waals surface area contributed by atoms with E-state index in [1.54, 1.807) is 0 Å². The topological polar surface area (TPSA) is 69.6 Å². The van der Waals surface area contributed by atoms with Gasteiger partial charge in [-0.05, 0) is 38.5 Å². The summed E-state index contributed by atoms with van der Waals surface area (Å²) in [5.74, 6) is -0.0195. The molecule has 0 bridgehead atoms. The lowest BCUT2D eigenvalue weighted by Crippen LogP contribution is -2.45. The van der Waals surface area contributed by atoms with Crippen LogP contribution in [0.5, 0.6) is 0 Å². The number of allylic oxidation sites excluding steroid dienone is 2. The van der Waals surface area contributed by atoms with E-state index in [1.807, 2.05) is 0 Å². The number of carbonyl (C=O) groups excluding carboxylic acids is 1. The van der Waals surface area contributed by atoms with Crippen LogP contribution in [0, 0.1) is 0 Å². The minimum Gasteiger partial charge on any atom is -0.394 e. The zero-order chi connectivity index (χ0) is 56.9. The number of hydrogen-bond acceptors (Lipinski definition) is 3. The Hall–Kier alpha value is -0.870. The Bertz CT molecular complexity index is 1120. The van der Waals surface area contributed by atoms with Crippen LogP contribution in [0.25, 0.3) is 0 Å². The van der Waals surface area contributed by atoms with Crippen molar-refractivity contribution in [2.24, 2.45) is 0 Å². The van der Waals surface area contributed by atoms with Crippen LogP contribution < -0.4 is 5.32 Å². The molecule has 472 valence electrons. The second-order valence-corrected chi connectivity index (χ2v) is 26.1. The fraction of sp³-hybridized carbons (Fsp3) is 0.960. The van der Waals surface area contributed by atoms with Crippen molar-refractivity contribution in [2.75, 3.05) is 6.61 Å². The van der Waals surface area contributed by atoms with Crippen molar-refractivity contribution < 1.29 is 15.0 Å². The Labute approximate surface area is 498 Å². The van der Waals surface area contributed by atoms with Crippen LogP contribution in [0.2, 0.25) is 0 Å². The van der Waals surface area contributed by atoms with Gasteiger partial charge in [0.2, 0.25) is 5.91 Å². The molecule has 0 fully saturated rings. The highest BCUT2D eigenvalue weighted by molar-refractivity contribution is 5.76. The maximum atomic E-state index is 12.6. The molecule has 0 spiro atoms. The van der Waals surface area contributed by atoms with E-state index in [9.17, 15) is 15.0 Å². The van der Waals surface area contributed by atoms with E-state index in [-0.39, 0.29) is 12.5 Å². The van der Waals surface area contributed by atoms with Crippen LogP contribution >= 0.6 is 0 Å². The van der Waals surface area contributed by atoms with E-state index in [0.717, 1.165) is 25.7 Å². The average Bonchev–Trinajstić information content (AvgIpc) is 3.45. The van der Waals surface area contributed by atoms with Crippen molar-refractivity contribution >= 4 is 5.91 Å². The molecule has 3 N–H and O–H groups in total. The van der Waals surface area contributed by atoms with Gasteiger partial charge in [0, 0.05) is 6.42 Å². The number of nitrogens with one attached hydrogen (secondary N) is 1. The standard InChI is InChI=1S/C75H149NO3/c1-3-5-7-9-11-13-15-17-19-21-23-25-27-29-31-32-33-34-35-36-37-38-39-40-41-42-43-44-45-47-49-51-53-55-57-59-61-63-65-67-69-71-75(79)76-73(72-77)74(78)70-68-66-64-62-60-58-56-54-52-50-48-46-30-28-26-24-22-20-18-16-14-12-10-8-6-4-2/h21,23,73-74,77-78H,3-20,22,24-72H2,1-2H3,(H,76,79)/b23-21-. The third-order valence-electron chi connectivity index (χ3n) is 18.0. The fourth-order valence-electron chi connectivity index (χ4n) is 12.4. The Balaban J connectivity index is 3.34. The van der Waals surface area contributed by atoms with Gasteiger partial charge in [-0.2, -0.15) is 0 Å². The van der Waals surface area contributed by atoms with Crippen molar-refractivity contribution in [3.05, 3.63) is 12.2 Å². The summed E-state index contributed by atoms with van der Waals surface area (Å²) in [6.07, 6.45) is 95.9. The van der Waals surface area contributed by atoms with E-state index in [0.29, 0.717) is 12.8 Å². The summed E-state index contributed by atoms with van der Waals surface area (Å²) < 4.78 is 0. The number of unbranched alkanes of at least 4 members (excludes halogenated alkanes) is 62. The van der Waals surface area contributed by atoms with Crippen LogP contribution in [0.4, 0.5) is 0 Å². The summed E-state index contributed by atoms with van der Waals surface area (Å²) in [5, 5.41) is 23.5. The Morgan fingerprint density at radius 3 is 0.696 bits per heavy atom. The fourth-order valence-corrected chi connectivity index (χ4v) is 12.4. The first-order chi connectivity index (χ1) is 39.2. The summed E-state index contributed by atoms with van der Waals surface area (Å²) >= 11 is 0. The molecule has 0 saturated heterocycles. The molecule has 4 nitrogen and oxygen atoms in total. The van der Waals surface area contributed by atoms with Gasteiger partial charge in [-0.25, -0.2) is 0 Å². The van der Waals surface area contributed by atoms with Crippen LogP contribution in [0.15, 0.2) is 12.2 Å². The Kier molecular flexibility index (Phi) is 70.6. The highest BCUT2D eigenvalue weighted by Crippen LogP contribution is 2.20. The van der Waals surface area contributed by atoms with Crippen molar-refractivity contribution in [3.8, 4) is 0 Å². The van der Waals surface area contributed by atoms with Gasteiger partial charge in [-0.1, -0.05) is 411 Å². The number of carbonyl (C=O) groups is 1. The van der Waals surface area contributed by atoms with E-state index >= 15 is 0 Å². The average molecular weight is 1110 g/mol. The zero-order valence-electron chi connectivity index (χ0n) is 54.7. The predicted molar refractivity (Wildman–Crippen MR) is 355 cm³/mol. The lowest BCUT2D eigenvalue weighted by molar-refractivity contribution is -0.123. The second-order valence-electron chi connectivity index (χ2n) is 26.1. The van der Waals surface area contributed by atoms with Crippen molar-refractivity contribution in [1.82, 2.24) is 5.32 Å². The first-order valence-corrected chi connectivity index (χ1v) is 37.4. The number of hydrogen-bond donors (Lipinski definition) is 3. The third kappa shape index (κ3) is 67.8. The lowest BCUT2D eigenvalue weighted by atomic mass is 10.0. The Morgan fingerprint density at radius 1 is 0.291 bits per heavy atom. The van der Waals surface area contributed by atoms with E-state index in [1.165, 1.54) is 392 Å². The first-order valence-electron chi connectivity index (χ1n) is 37.4. The largest absolute Gasteiger partial charge is 0.394 e. The molecule has 0 heterocycles. The van der Waals surface area contributed by atoms with Gasteiger partial charge in [0.15, 0.2) is 0 Å². The molecule has 2 atom stereocenters. The number of amides is 1. The number of aliphatic hydroxyl groups is 2. The van der Waals surface area contributed by atoms with E-state index in [2.05, 4.69) is 31.3 Å². The number of aliphatic hydroxyl groups excluding tert-OH is 2. The first kappa shape index (κ1) is 78.1. The maximum absolute atomic E-state index is 12.6. The van der Waals surface area contributed by atoms with Gasteiger partial charge < -0.3 is 15.5 Å². The SMILES string of the molecule is CCCCCCCCCC/C=C\CCCCCCCCCCCCCCCCCCCCCCCCCCCCCCCC(=O)NC(CO)C(O)CCCCCCCCCCCCCCCCCCCCCCCCCCCC. The minimum absolute atomic E-state index is 0.0195. The molecule has 0 radical (unpaired) electrons. The molecular formula is C75H149NO3. The molecule has 0 aromatic carbocycles. The highest BCUT2D eigenvalue weighted by Gasteiger charge is 2.20. The Morgan fingerprint density at radius 2 is 0.481 bits per heavy atom. The number of rotatable bonds is 71. The molecule has 0 saturated carbocycles. The molecule has 0 aromatic rings. The van der Waals surface area contributed by atoms with Gasteiger partial charge in [0.1, 0.15) is 0 Å². The minimum atomic E-state index is -0.657. The molecule has 0 aromatic heterocycles. The monoisotopic (exact) mass is 1110 g/mol. The predicted octanol–water partition coefficient (Wildman–Crippen LogP) is 25.6. The summed E-state index contributed by atoms with van der Waals surface area (Å²) in [6.45, 7) is 4.42. The normalized spacial score (nSPS) is 12.6. The van der Waals surface area contributed by atoms with Gasteiger partial charge in [0.05, 0.1) is 18.8 Å². The van der Waals surface area contributed by atoms with Crippen molar-refractivity contribution in [1.29, 1.82) is 0 Å². The molecule has 0 aliphatic heterocycles. The van der Waals surface area contributed by atoms with Crippen LogP contribution in [0.3, 0.4) is 0 Å². The van der Waals surface area contributed by atoms with Gasteiger partial charge in [-0.3, -0.25) is 4.79 Å².